The quantitative estimate of drug-likeness (QED) is 0.690. The molecule has 3 rings (SSSR count). The van der Waals surface area contributed by atoms with Crippen molar-refractivity contribution in [3.05, 3.63) is 20.8 Å². The molecule has 1 atom stereocenters. The number of nitrogens with two attached hydrogens (primary N) is 1. The molecule has 17 heavy (non-hydrogen) atoms. The van der Waals surface area contributed by atoms with Crippen LogP contribution in [0.5, 0.6) is 0 Å². The van der Waals surface area contributed by atoms with Crippen molar-refractivity contribution in [1.29, 1.82) is 0 Å². The molecule has 2 heterocycles. The number of nitrogens with one attached hydrogen (secondary N) is 1. The van der Waals surface area contributed by atoms with Gasteiger partial charge in [0, 0.05) is 4.88 Å². The lowest BCUT2D eigenvalue weighted by Crippen LogP contribution is -2.14. The number of aryl methyl sites for hydroxylation is 1. The Balaban J connectivity index is 2.38. The third-order valence-corrected chi connectivity index (χ3v) is 4.16. The Bertz CT molecular complexity index is 688. The summed E-state index contributed by atoms with van der Waals surface area (Å²) in [5.41, 5.74) is 5.74. The molecule has 0 aliphatic heterocycles. The third-order valence-electron chi connectivity index (χ3n) is 3.00. The molecule has 0 saturated heterocycles. The van der Waals surface area contributed by atoms with Gasteiger partial charge in [0.15, 0.2) is 0 Å². The summed E-state index contributed by atoms with van der Waals surface area (Å²) in [5, 5.41) is 9.52. The molecule has 0 spiro atoms. The summed E-state index contributed by atoms with van der Waals surface area (Å²) in [6.07, 6.45) is 1.24. The SMILES string of the molecule is Nc1nc2sc3c(c2c(=O)[nH]1)C(C(=O)O)CC3. The standard InChI is InChI=1S/C10H9N3O3S/c11-10-12-7(14)6-5-3(9(15)16)1-2-4(5)17-8(6)13-10/h3H,1-2H2,(H,15,16)(H3,11,12,13,14). The monoisotopic (exact) mass is 251 g/mol. The van der Waals surface area contributed by atoms with E-state index in [0.717, 1.165) is 4.88 Å². The van der Waals surface area contributed by atoms with E-state index in [2.05, 4.69) is 9.97 Å². The first kappa shape index (κ1) is 10.3. The van der Waals surface area contributed by atoms with E-state index >= 15 is 0 Å². The van der Waals surface area contributed by atoms with E-state index in [4.69, 9.17) is 10.8 Å². The summed E-state index contributed by atoms with van der Waals surface area (Å²) in [6, 6.07) is 0. The fraction of sp³-hybridized carbons (Fsp3) is 0.300. The lowest BCUT2D eigenvalue weighted by atomic mass is 10.0. The van der Waals surface area contributed by atoms with Crippen molar-refractivity contribution < 1.29 is 9.90 Å². The van der Waals surface area contributed by atoms with Gasteiger partial charge in [0.1, 0.15) is 4.83 Å². The second-order valence-corrected chi connectivity index (χ2v) is 5.08. The lowest BCUT2D eigenvalue weighted by Gasteiger charge is -2.03. The highest BCUT2D eigenvalue weighted by molar-refractivity contribution is 7.18. The predicted molar refractivity (Wildman–Crippen MR) is 63.4 cm³/mol. The van der Waals surface area contributed by atoms with E-state index < -0.39 is 11.9 Å². The number of rotatable bonds is 1. The van der Waals surface area contributed by atoms with E-state index in [9.17, 15) is 9.59 Å². The highest BCUT2D eigenvalue weighted by Crippen LogP contribution is 2.42. The highest BCUT2D eigenvalue weighted by Gasteiger charge is 2.33. The molecule has 1 aliphatic carbocycles. The van der Waals surface area contributed by atoms with Crippen molar-refractivity contribution >= 4 is 33.5 Å². The number of fused-ring (bicyclic) bond motifs is 3. The first-order valence-corrected chi connectivity index (χ1v) is 5.93. The zero-order chi connectivity index (χ0) is 12.2. The second kappa shape index (κ2) is 3.30. The summed E-state index contributed by atoms with van der Waals surface area (Å²) in [6.45, 7) is 0. The average Bonchev–Trinajstić information content (AvgIpc) is 2.73. The fourth-order valence-electron chi connectivity index (χ4n) is 2.31. The summed E-state index contributed by atoms with van der Waals surface area (Å²) < 4.78 is 0. The van der Waals surface area contributed by atoms with E-state index in [0.29, 0.717) is 28.6 Å². The van der Waals surface area contributed by atoms with Gasteiger partial charge in [-0.05, 0) is 18.4 Å². The van der Waals surface area contributed by atoms with Gasteiger partial charge in [0.2, 0.25) is 5.95 Å². The minimum absolute atomic E-state index is 0.0642. The molecule has 4 N–H and O–H groups in total. The zero-order valence-corrected chi connectivity index (χ0v) is 9.50. The van der Waals surface area contributed by atoms with Crippen LogP contribution in [0.15, 0.2) is 4.79 Å². The number of carboxylic acid groups (broad SMARTS) is 1. The number of hydrogen-bond acceptors (Lipinski definition) is 5. The molecule has 2 aromatic heterocycles. The molecule has 6 nitrogen and oxygen atoms in total. The predicted octanol–water partition coefficient (Wildman–Crippen LogP) is 0.681. The molecule has 0 saturated carbocycles. The van der Waals surface area contributed by atoms with E-state index in [-0.39, 0.29) is 11.5 Å². The number of carbonyl (C=O) groups is 1. The summed E-state index contributed by atoms with van der Waals surface area (Å²) in [7, 11) is 0. The van der Waals surface area contributed by atoms with Crippen LogP contribution in [0.25, 0.3) is 10.2 Å². The fourth-order valence-corrected chi connectivity index (χ4v) is 3.57. The Morgan fingerprint density at radius 3 is 3.06 bits per heavy atom. The van der Waals surface area contributed by atoms with Gasteiger partial charge in [-0.25, -0.2) is 4.98 Å². The largest absolute Gasteiger partial charge is 0.481 e. The first-order chi connectivity index (χ1) is 8.08. The van der Waals surface area contributed by atoms with Crippen molar-refractivity contribution in [2.45, 2.75) is 18.8 Å². The van der Waals surface area contributed by atoms with Crippen molar-refractivity contribution in [3.8, 4) is 0 Å². The van der Waals surface area contributed by atoms with Crippen LogP contribution in [-0.4, -0.2) is 21.0 Å². The number of aliphatic carboxylic acids is 1. The number of nitrogen functional groups attached to an aromatic ring is 1. The molecular formula is C10H9N3O3S. The van der Waals surface area contributed by atoms with E-state index in [1.54, 1.807) is 0 Å². The van der Waals surface area contributed by atoms with Crippen LogP contribution >= 0.6 is 11.3 Å². The van der Waals surface area contributed by atoms with Crippen LogP contribution in [0.1, 0.15) is 22.8 Å². The smallest absolute Gasteiger partial charge is 0.311 e. The minimum Gasteiger partial charge on any atom is -0.481 e. The number of thiophene rings is 1. The zero-order valence-electron chi connectivity index (χ0n) is 8.69. The maximum absolute atomic E-state index is 11.8. The molecule has 0 fully saturated rings. The van der Waals surface area contributed by atoms with Crippen molar-refractivity contribution in [1.82, 2.24) is 9.97 Å². The van der Waals surface area contributed by atoms with Gasteiger partial charge in [0.25, 0.3) is 5.56 Å². The molecule has 0 amide bonds. The molecule has 7 heteroatoms. The van der Waals surface area contributed by atoms with Gasteiger partial charge < -0.3 is 10.8 Å². The molecule has 1 unspecified atom stereocenters. The summed E-state index contributed by atoms with van der Waals surface area (Å²) in [5.74, 6) is -1.42. The van der Waals surface area contributed by atoms with Crippen LogP contribution in [0.3, 0.4) is 0 Å². The number of carboxylic acids is 1. The van der Waals surface area contributed by atoms with Crippen LogP contribution in [0.2, 0.25) is 0 Å². The third kappa shape index (κ3) is 1.35. The Hall–Kier alpha value is -1.89. The van der Waals surface area contributed by atoms with E-state index in [1.165, 1.54) is 11.3 Å². The Morgan fingerprint density at radius 2 is 2.35 bits per heavy atom. The number of hydrogen-bond donors (Lipinski definition) is 3. The van der Waals surface area contributed by atoms with Crippen LogP contribution in [0.4, 0.5) is 5.95 Å². The normalized spacial score (nSPS) is 18.5. The number of aromatic nitrogens is 2. The van der Waals surface area contributed by atoms with Gasteiger partial charge in [0.05, 0.1) is 11.3 Å². The summed E-state index contributed by atoms with van der Waals surface area (Å²) in [4.78, 5) is 30.9. The van der Waals surface area contributed by atoms with Crippen molar-refractivity contribution in [2.24, 2.45) is 0 Å². The maximum atomic E-state index is 11.8. The Morgan fingerprint density at radius 1 is 1.59 bits per heavy atom. The number of aromatic amines is 1. The lowest BCUT2D eigenvalue weighted by molar-refractivity contribution is -0.138. The van der Waals surface area contributed by atoms with E-state index in [1.807, 2.05) is 0 Å². The molecular weight excluding hydrogens is 242 g/mol. The molecule has 0 aromatic carbocycles. The molecule has 0 bridgehead atoms. The Kier molecular flexibility index (Phi) is 1.99. The second-order valence-electron chi connectivity index (χ2n) is 4.00. The van der Waals surface area contributed by atoms with Gasteiger partial charge in [-0.15, -0.1) is 11.3 Å². The average molecular weight is 251 g/mol. The molecule has 1 aliphatic rings. The maximum Gasteiger partial charge on any atom is 0.311 e. The van der Waals surface area contributed by atoms with Crippen molar-refractivity contribution in [2.75, 3.05) is 5.73 Å². The minimum atomic E-state index is -0.889. The Labute approximate surface area is 99.1 Å². The highest BCUT2D eigenvalue weighted by atomic mass is 32.1. The summed E-state index contributed by atoms with van der Waals surface area (Å²) >= 11 is 1.36. The van der Waals surface area contributed by atoms with Crippen LogP contribution in [0, 0.1) is 0 Å². The number of H-pyrrole nitrogens is 1. The van der Waals surface area contributed by atoms with Crippen LogP contribution in [-0.2, 0) is 11.2 Å². The molecule has 2 aromatic rings. The number of anilines is 1. The molecule has 0 radical (unpaired) electrons. The van der Waals surface area contributed by atoms with Gasteiger partial charge in [-0.3, -0.25) is 14.6 Å². The van der Waals surface area contributed by atoms with Crippen LogP contribution < -0.4 is 11.3 Å². The van der Waals surface area contributed by atoms with Gasteiger partial charge in [-0.1, -0.05) is 0 Å². The number of nitrogens with zero attached hydrogens (tertiary/aromatic N) is 1. The topological polar surface area (TPSA) is 109 Å². The molecule has 88 valence electrons. The van der Waals surface area contributed by atoms with Gasteiger partial charge >= 0.3 is 5.97 Å². The van der Waals surface area contributed by atoms with Gasteiger partial charge in [-0.2, -0.15) is 0 Å². The first-order valence-electron chi connectivity index (χ1n) is 5.12. The van der Waals surface area contributed by atoms with Crippen molar-refractivity contribution in [3.63, 3.8) is 0 Å².